The summed E-state index contributed by atoms with van der Waals surface area (Å²) in [6.45, 7) is 2.06. The van der Waals surface area contributed by atoms with Crippen LogP contribution < -0.4 is 0 Å². The molecule has 2 amide bonds. The molecule has 0 radical (unpaired) electrons. The van der Waals surface area contributed by atoms with Crippen molar-refractivity contribution in [3.63, 3.8) is 0 Å². The van der Waals surface area contributed by atoms with E-state index in [1.165, 1.54) is 0 Å². The number of nitrogens with zero attached hydrogens (tertiary/aromatic N) is 2. The zero-order valence-electron chi connectivity index (χ0n) is 13.1. The van der Waals surface area contributed by atoms with Crippen molar-refractivity contribution in [1.82, 2.24) is 9.80 Å². The van der Waals surface area contributed by atoms with E-state index in [4.69, 9.17) is 0 Å². The predicted molar refractivity (Wildman–Crippen MR) is 99.2 cm³/mol. The van der Waals surface area contributed by atoms with Gasteiger partial charge < -0.3 is 9.80 Å². The van der Waals surface area contributed by atoms with E-state index in [0.717, 1.165) is 0 Å². The number of benzene rings is 2. The Morgan fingerprint density at radius 3 is 1.33 bits per heavy atom. The average Bonchev–Trinajstić information content (AvgIpc) is 2.61. The first-order chi connectivity index (χ1) is 11.6. The lowest BCUT2D eigenvalue weighted by atomic mass is 10.1. The summed E-state index contributed by atoms with van der Waals surface area (Å²) < 4.78 is 0. The molecule has 124 valence electrons. The lowest BCUT2D eigenvalue weighted by Gasteiger charge is -2.35. The number of thiol groups is 2. The third kappa shape index (κ3) is 3.44. The lowest BCUT2D eigenvalue weighted by molar-refractivity contribution is 0.0532. The number of rotatable bonds is 2. The van der Waals surface area contributed by atoms with Crippen LogP contribution in [0.2, 0.25) is 0 Å². The zero-order chi connectivity index (χ0) is 17.1. The molecule has 2 aromatic carbocycles. The van der Waals surface area contributed by atoms with Gasteiger partial charge >= 0.3 is 0 Å². The number of piperazine rings is 1. The second kappa shape index (κ2) is 7.32. The van der Waals surface area contributed by atoms with Crippen molar-refractivity contribution in [2.24, 2.45) is 0 Å². The lowest BCUT2D eigenvalue weighted by Crippen LogP contribution is -2.50. The van der Waals surface area contributed by atoms with Gasteiger partial charge in [0.15, 0.2) is 0 Å². The third-order valence-electron chi connectivity index (χ3n) is 4.12. The molecule has 0 aromatic heterocycles. The Hall–Kier alpha value is -1.92. The average molecular weight is 358 g/mol. The van der Waals surface area contributed by atoms with Crippen molar-refractivity contribution >= 4 is 37.1 Å². The zero-order valence-corrected chi connectivity index (χ0v) is 14.8. The molecule has 0 bridgehead atoms. The Kier molecular flexibility index (Phi) is 5.16. The van der Waals surface area contributed by atoms with Gasteiger partial charge in [0.1, 0.15) is 0 Å². The Labute approximate surface area is 152 Å². The highest BCUT2D eigenvalue weighted by molar-refractivity contribution is 7.80. The number of amides is 2. The Bertz CT molecular complexity index is 706. The fraction of sp³-hybridized carbons (Fsp3) is 0.222. The molecule has 0 unspecified atom stereocenters. The molecule has 1 aliphatic rings. The topological polar surface area (TPSA) is 40.6 Å². The van der Waals surface area contributed by atoms with Crippen molar-refractivity contribution in [2.45, 2.75) is 9.79 Å². The highest BCUT2D eigenvalue weighted by atomic mass is 32.1. The highest BCUT2D eigenvalue weighted by Crippen LogP contribution is 2.19. The molecule has 3 rings (SSSR count). The summed E-state index contributed by atoms with van der Waals surface area (Å²) in [5.41, 5.74) is 1.20. The van der Waals surface area contributed by atoms with E-state index in [9.17, 15) is 9.59 Å². The second-order valence-electron chi connectivity index (χ2n) is 5.62. The van der Waals surface area contributed by atoms with Crippen molar-refractivity contribution in [1.29, 1.82) is 0 Å². The summed E-state index contributed by atoms with van der Waals surface area (Å²) in [7, 11) is 0. The van der Waals surface area contributed by atoms with Gasteiger partial charge in [-0.05, 0) is 24.3 Å². The van der Waals surface area contributed by atoms with Crippen LogP contribution in [0.5, 0.6) is 0 Å². The normalized spacial score (nSPS) is 14.6. The van der Waals surface area contributed by atoms with Crippen LogP contribution in [0.1, 0.15) is 20.7 Å². The van der Waals surface area contributed by atoms with Crippen LogP contribution in [0, 0.1) is 0 Å². The molecule has 0 N–H and O–H groups in total. The molecule has 6 heteroatoms. The SMILES string of the molecule is O=C(c1ccccc1S)N1CCN(C(=O)c2ccccc2S)CC1. The van der Waals surface area contributed by atoms with E-state index in [2.05, 4.69) is 25.3 Å². The predicted octanol–water partition coefficient (Wildman–Crippen LogP) is 2.86. The number of carbonyl (C=O) groups excluding carboxylic acids is 2. The second-order valence-corrected chi connectivity index (χ2v) is 6.58. The van der Waals surface area contributed by atoms with Gasteiger partial charge in [0.05, 0.1) is 11.1 Å². The molecule has 0 atom stereocenters. The first-order valence-corrected chi connectivity index (χ1v) is 8.62. The van der Waals surface area contributed by atoms with E-state index < -0.39 is 0 Å². The van der Waals surface area contributed by atoms with Gasteiger partial charge in [-0.2, -0.15) is 0 Å². The van der Waals surface area contributed by atoms with E-state index in [1.54, 1.807) is 34.1 Å². The van der Waals surface area contributed by atoms with Crippen LogP contribution in [0.3, 0.4) is 0 Å². The van der Waals surface area contributed by atoms with Crippen LogP contribution in [0.15, 0.2) is 58.3 Å². The molecule has 24 heavy (non-hydrogen) atoms. The summed E-state index contributed by atoms with van der Waals surface area (Å²) >= 11 is 8.69. The first-order valence-electron chi connectivity index (χ1n) is 7.72. The molecule has 2 aromatic rings. The quantitative estimate of drug-likeness (QED) is 0.811. The minimum atomic E-state index is -0.0395. The molecule has 0 spiro atoms. The van der Waals surface area contributed by atoms with Crippen molar-refractivity contribution < 1.29 is 9.59 Å². The fourth-order valence-corrected chi connectivity index (χ4v) is 3.27. The molecule has 1 saturated heterocycles. The molecule has 0 aliphatic carbocycles. The maximum absolute atomic E-state index is 12.6. The molecule has 0 saturated carbocycles. The van der Waals surface area contributed by atoms with Crippen LogP contribution in [-0.2, 0) is 0 Å². The van der Waals surface area contributed by atoms with Crippen molar-refractivity contribution in [2.75, 3.05) is 26.2 Å². The van der Waals surface area contributed by atoms with Gasteiger partial charge in [0.25, 0.3) is 11.8 Å². The monoisotopic (exact) mass is 358 g/mol. The van der Waals surface area contributed by atoms with Crippen LogP contribution >= 0.6 is 25.3 Å². The molecule has 1 aliphatic heterocycles. The number of carbonyl (C=O) groups is 2. The summed E-state index contributed by atoms with van der Waals surface area (Å²) in [6, 6.07) is 14.5. The van der Waals surface area contributed by atoms with Gasteiger partial charge in [-0.25, -0.2) is 0 Å². The summed E-state index contributed by atoms with van der Waals surface area (Å²) in [4.78, 5) is 30.0. The third-order valence-corrected chi connectivity index (χ3v) is 4.90. The van der Waals surface area contributed by atoms with Crippen LogP contribution in [0.25, 0.3) is 0 Å². The van der Waals surface area contributed by atoms with Gasteiger partial charge in [0, 0.05) is 36.0 Å². The minimum Gasteiger partial charge on any atom is -0.335 e. The minimum absolute atomic E-state index is 0.0395. The maximum atomic E-state index is 12.6. The fourth-order valence-electron chi connectivity index (χ4n) is 2.76. The van der Waals surface area contributed by atoms with Crippen molar-refractivity contribution in [3.8, 4) is 0 Å². The summed E-state index contributed by atoms with van der Waals surface area (Å²) in [5, 5.41) is 0. The molecular formula is C18H18N2O2S2. The van der Waals surface area contributed by atoms with Crippen molar-refractivity contribution in [3.05, 3.63) is 59.7 Å². The van der Waals surface area contributed by atoms with Gasteiger partial charge in [0.2, 0.25) is 0 Å². The van der Waals surface area contributed by atoms with Crippen LogP contribution in [-0.4, -0.2) is 47.8 Å². The molecule has 4 nitrogen and oxygen atoms in total. The van der Waals surface area contributed by atoms with Gasteiger partial charge in [-0.3, -0.25) is 9.59 Å². The molecule has 1 fully saturated rings. The Morgan fingerprint density at radius 2 is 1.00 bits per heavy atom. The molecule has 1 heterocycles. The molecular weight excluding hydrogens is 340 g/mol. The largest absolute Gasteiger partial charge is 0.335 e. The first kappa shape index (κ1) is 16.9. The Morgan fingerprint density at radius 1 is 0.667 bits per heavy atom. The highest BCUT2D eigenvalue weighted by Gasteiger charge is 2.26. The van der Waals surface area contributed by atoms with E-state index >= 15 is 0 Å². The number of hydrogen-bond acceptors (Lipinski definition) is 4. The van der Waals surface area contributed by atoms with Crippen LogP contribution in [0.4, 0.5) is 0 Å². The summed E-state index contributed by atoms with van der Waals surface area (Å²) in [5.74, 6) is -0.0791. The maximum Gasteiger partial charge on any atom is 0.255 e. The summed E-state index contributed by atoms with van der Waals surface area (Å²) in [6.07, 6.45) is 0. The van der Waals surface area contributed by atoms with E-state index in [1.807, 2.05) is 24.3 Å². The van der Waals surface area contributed by atoms with Gasteiger partial charge in [-0.1, -0.05) is 24.3 Å². The Balaban J connectivity index is 1.66. The standard InChI is InChI=1S/C18H18N2O2S2/c21-17(13-5-1-3-7-15(13)23)19-9-11-20(12-10-19)18(22)14-6-2-4-8-16(14)24/h1-8,23-24H,9-12H2. The van der Waals surface area contributed by atoms with E-state index in [0.29, 0.717) is 47.1 Å². The van der Waals surface area contributed by atoms with E-state index in [-0.39, 0.29) is 11.8 Å². The van der Waals surface area contributed by atoms with Gasteiger partial charge in [-0.15, -0.1) is 25.3 Å². The smallest absolute Gasteiger partial charge is 0.255 e. The number of hydrogen-bond donors (Lipinski definition) is 2.